The highest BCUT2D eigenvalue weighted by Crippen LogP contribution is 2.21. The van der Waals surface area contributed by atoms with Crippen molar-refractivity contribution in [3.8, 4) is 0 Å². The Kier molecular flexibility index (Phi) is 4.23. The number of nitrogen functional groups attached to an aromatic ring is 1. The van der Waals surface area contributed by atoms with Gasteiger partial charge in [0.1, 0.15) is 5.76 Å². The summed E-state index contributed by atoms with van der Waals surface area (Å²) in [5, 5.41) is 0. The Bertz CT molecular complexity index is 414. The number of fused-ring (bicyclic) bond motifs is 1. The molecule has 0 saturated heterocycles. The molecule has 0 saturated carbocycles. The van der Waals surface area contributed by atoms with Crippen molar-refractivity contribution in [1.82, 2.24) is 9.88 Å². The van der Waals surface area contributed by atoms with Crippen molar-refractivity contribution in [1.29, 1.82) is 0 Å². The van der Waals surface area contributed by atoms with Crippen molar-refractivity contribution >= 4 is 11.9 Å². The number of carbonyl (C=O) groups excluding carboxylic acids is 1. The highest BCUT2D eigenvalue weighted by molar-refractivity contribution is 5.76. The lowest BCUT2D eigenvalue weighted by atomic mass is 10.1. The molecule has 1 aliphatic heterocycles. The lowest BCUT2D eigenvalue weighted by molar-refractivity contribution is -0.132. The number of carbonyl (C=O) groups is 1. The fourth-order valence-electron chi connectivity index (χ4n) is 2.29. The van der Waals surface area contributed by atoms with Crippen LogP contribution in [0.15, 0.2) is 4.42 Å². The summed E-state index contributed by atoms with van der Waals surface area (Å²) < 4.78 is 5.30. The van der Waals surface area contributed by atoms with E-state index < -0.39 is 0 Å². The zero-order valence-corrected chi connectivity index (χ0v) is 10.9. The van der Waals surface area contributed by atoms with Gasteiger partial charge in [0.15, 0.2) is 0 Å². The number of rotatable bonds is 5. The number of amides is 1. The van der Waals surface area contributed by atoms with E-state index in [2.05, 4.69) is 11.9 Å². The van der Waals surface area contributed by atoms with Crippen LogP contribution in [0.3, 0.4) is 0 Å². The summed E-state index contributed by atoms with van der Waals surface area (Å²) in [5.74, 6) is 0.965. The van der Waals surface area contributed by atoms with Gasteiger partial charge in [0.2, 0.25) is 5.91 Å². The van der Waals surface area contributed by atoms with Crippen LogP contribution in [0.1, 0.15) is 50.5 Å². The number of hydrogen-bond donors (Lipinski definition) is 1. The predicted molar refractivity (Wildman–Crippen MR) is 68.8 cm³/mol. The lowest BCUT2D eigenvalue weighted by Crippen LogP contribution is -2.35. The summed E-state index contributed by atoms with van der Waals surface area (Å²) in [6, 6.07) is 0.206. The van der Waals surface area contributed by atoms with Crippen LogP contribution in [0, 0.1) is 0 Å². The molecule has 100 valence electrons. The van der Waals surface area contributed by atoms with E-state index in [1.165, 1.54) is 12.8 Å². The summed E-state index contributed by atoms with van der Waals surface area (Å²) in [4.78, 5) is 18.0. The number of oxazole rings is 1. The Morgan fingerprint density at radius 1 is 1.44 bits per heavy atom. The largest absolute Gasteiger partial charge is 0.427 e. The average molecular weight is 251 g/mol. The summed E-state index contributed by atoms with van der Waals surface area (Å²) in [5.41, 5.74) is 6.42. The maximum Gasteiger partial charge on any atom is 0.292 e. The van der Waals surface area contributed by atoms with Crippen molar-refractivity contribution in [2.45, 2.75) is 52.0 Å². The number of anilines is 1. The van der Waals surface area contributed by atoms with Crippen LogP contribution in [0.25, 0.3) is 0 Å². The zero-order valence-electron chi connectivity index (χ0n) is 10.9. The minimum atomic E-state index is 0.206. The van der Waals surface area contributed by atoms with Gasteiger partial charge in [-0.2, -0.15) is 4.98 Å². The molecule has 2 rings (SSSR count). The van der Waals surface area contributed by atoms with E-state index in [1.807, 2.05) is 4.90 Å². The molecule has 18 heavy (non-hydrogen) atoms. The van der Waals surface area contributed by atoms with Crippen molar-refractivity contribution in [2.24, 2.45) is 0 Å². The Balaban J connectivity index is 1.82. The van der Waals surface area contributed by atoms with Gasteiger partial charge in [-0.15, -0.1) is 0 Å². The van der Waals surface area contributed by atoms with Crippen LogP contribution in [0.4, 0.5) is 6.01 Å². The van der Waals surface area contributed by atoms with E-state index in [-0.39, 0.29) is 11.9 Å². The first-order valence-electron chi connectivity index (χ1n) is 6.72. The van der Waals surface area contributed by atoms with Crippen LogP contribution >= 0.6 is 0 Å². The van der Waals surface area contributed by atoms with Gasteiger partial charge < -0.3 is 15.1 Å². The maximum atomic E-state index is 12.0. The van der Waals surface area contributed by atoms with Gasteiger partial charge in [-0.05, 0) is 6.42 Å². The smallest absolute Gasteiger partial charge is 0.292 e. The molecule has 0 aromatic carbocycles. The van der Waals surface area contributed by atoms with E-state index in [0.717, 1.165) is 37.3 Å². The molecule has 0 aliphatic carbocycles. The zero-order chi connectivity index (χ0) is 13.0. The van der Waals surface area contributed by atoms with E-state index in [4.69, 9.17) is 10.2 Å². The van der Waals surface area contributed by atoms with Crippen molar-refractivity contribution in [2.75, 3.05) is 12.3 Å². The quantitative estimate of drug-likeness (QED) is 0.813. The minimum Gasteiger partial charge on any atom is -0.427 e. The number of hydrogen-bond acceptors (Lipinski definition) is 4. The van der Waals surface area contributed by atoms with Crippen LogP contribution in [-0.2, 0) is 17.8 Å². The molecule has 1 aliphatic rings. The van der Waals surface area contributed by atoms with Gasteiger partial charge in [-0.3, -0.25) is 4.79 Å². The fraction of sp³-hybridized carbons (Fsp3) is 0.692. The predicted octanol–water partition coefficient (Wildman–Crippen LogP) is 2.11. The molecule has 0 fully saturated rings. The van der Waals surface area contributed by atoms with Crippen molar-refractivity contribution < 1.29 is 9.21 Å². The van der Waals surface area contributed by atoms with E-state index in [0.29, 0.717) is 13.0 Å². The summed E-state index contributed by atoms with van der Waals surface area (Å²) in [7, 11) is 0. The highest BCUT2D eigenvalue weighted by Gasteiger charge is 2.24. The van der Waals surface area contributed by atoms with Crippen molar-refractivity contribution in [3.63, 3.8) is 0 Å². The maximum absolute atomic E-state index is 12.0. The second kappa shape index (κ2) is 5.89. The molecule has 0 bridgehead atoms. The molecular formula is C13H21N3O2. The highest BCUT2D eigenvalue weighted by atomic mass is 16.4. The summed E-state index contributed by atoms with van der Waals surface area (Å²) in [6.07, 6.45) is 5.90. The van der Waals surface area contributed by atoms with E-state index in [9.17, 15) is 4.79 Å². The Labute approximate surface area is 107 Å². The average Bonchev–Trinajstić information content (AvgIpc) is 2.73. The Hall–Kier alpha value is -1.52. The number of aromatic nitrogens is 1. The molecule has 2 heterocycles. The van der Waals surface area contributed by atoms with Crippen LogP contribution in [0.5, 0.6) is 0 Å². The second-order valence-electron chi connectivity index (χ2n) is 4.80. The Morgan fingerprint density at radius 2 is 2.28 bits per heavy atom. The van der Waals surface area contributed by atoms with E-state index in [1.54, 1.807) is 0 Å². The van der Waals surface area contributed by atoms with Gasteiger partial charge in [-0.25, -0.2) is 0 Å². The molecule has 5 nitrogen and oxygen atoms in total. The molecule has 5 heteroatoms. The number of nitrogens with zero attached hydrogens (tertiary/aromatic N) is 2. The van der Waals surface area contributed by atoms with Gasteiger partial charge in [0.05, 0.1) is 12.2 Å². The van der Waals surface area contributed by atoms with Crippen molar-refractivity contribution in [3.05, 3.63) is 11.5 Å². The molecule has 0 atom stereocenters. The van der Waals surface area contributed by atoms with Gasteiger partial charge >= 0.3 is 0 Å². The normalized spacial score (nSPS) is 14.6. The second-order valence-corrected chi connectivity index (χ2v) is 4.80. The van der Waals surface area contributed by atoms with Gasteiger partial charge in [-0.1, -0.05) is 26.2 Å². The third-order valence-electron chi connectivity index (χ3n) is 3.34. The van der Waals surface area contributed by atoms with E-state index >= 15 is 0 Å². The summed E-state index contributed by atoms with van der Waals surface area (Å²) in [6.45, 7) is 3.42. The molecule has 0 radical (unpaired) electrons. The minimum absolute atomic E-state index is 0.206. The third-order valence-corrected chi connectivity index (χ3v) is 3.34. The topological polar surface area (TPSA) is 72.4 Å². The van der Waals surface area contributed by atoms with Crippen LogP contribution in [0.2, 0.25) is 0 Å². The molecule has 0 unspecified atom stereocenters. The van der Waals surface area contributed by atoms with Gasteiger partial charge in [0.25, 0.3) is 6.01 Å². The first kappa shape index (κ1) is 12.9. The molecule has 1 amide bonds. The fourth-order valence-corrected chi connectivity index (χ4v) is 2.29. The SMILES string of the molecule is CCCCCCC(=O)N1CCc2nc(N)oc2C1. The van der Waals surface area contributed by atoms with Crippen LogP contribution in [-0.4, -0.2) is 22.3 Å². The number of nitrogens with two attached hydrogens (primary N) is 1. The first-order chi connectivity index (χ1) is 8.70. The van der Waals surface area contributed by atoms with Crippen LogP contribution < -0.4 is 5.73 Å². The standard InChI is InChI=1S/C13H21N3O2/c1-2-3-4-5-6-12(17)16-8-7-10-11(9-16)18-13(14)15-10/h2-9H2,1H3,(H2,14,15). The lowest BCUT2D eigenvalue weighted by Gasteiger charge is -2.25. The molecule has 0 spiro atoms. The molecule has 1 aromatic heterocycles. The monoisotopic (exact) mass is 251 g/mol. The molecular weight excluding hydrogens is 230 g/mol. The van der Waals surface area contributed by atoms with Gasteiger partial charge in [0, 0.05) is 19.4 Å². The Morgan fingerprint density at radius 3 is 3.06 bits per heavy atom. The first-order valence-corrected chi connectivity index (χ1v) is 6.72. The summed E-state index contributed by atoms with van der Waals surface area (Å²) >= 11 is 0. The molecule has 2 N–H and O–H groups in total. The number of unbranched alkanes of at least 4 members (excludes halogenated alkanes) is 3. The third kappa shape index (κ3) is 3.03. The molecule has 1 aromatic rings.